The molecule has 6 nitrogen and oxygen atoms in total. The minimum Gasteiger partial charge on any atom is -0.348 e. The molecular formula is C23H22N4O2S. The fraction of sp³-hybridized carbons (Fsp3) is 0.261. The second-order valence-corrected chi connectivity index (χ2v) is 8.69. The Balaban J connectivity index is 1.29. The predicted octanol–water partition coefficient (Wildman–Crippen LogP) is 4.00. The van der Waals surface area contributed by atoms with Gasteiger partial charge in [0.05, 0.1) is 21.4 Å². The lowest BCUT2D eigenvalue weighted by Gasteiger charge is -2.31. The molecular weight excluding hydrogens is 396 g/mol. The summed E-state index contributed by atoms with van der Waals surface area (Å²) in [5, 5.41) is 5.00. The summed E-state index contributed by atoms with van der Waals surface area (Å²) in [5.74, 6) is 0.0127. The zero-order valence-electron chi connectivity index (χ0n) is 16.7. The number of thiazole rings is 1. The maximum atomic E-state index is 12.9. The van der Waals surface area contributed by atoms with Gasteiger partial charge in [-0.25, -0.2) is 4.98 Å². The average Bonchev–Trinajstić information content (AvgIpc) is 3.21. The standard InChI is InChI=1S/C23H22N4O2S/c1-26-19-7-4-6-17(16(19)9-10-21(26)28)24-22(29)15-11-13-27(14-12-15)23-25-18-5-2-3-8-20(18)30-23/h2-10,15H,11-14H2,1H3,(H,24,29). The molecule has 1 fully saturated rings. The van der Waals surface area contributed by atoms with Crippen molar-refractivity contribution in [1.82, 2.24) is 9.55 Å². The van der Waals surface area contributed by atoms with E-state index in [0.717, 1.165) is 53.2 Å². The Morgan fingerprint density at radius 3 is 2.67 bits per heavy atom. The van der Waals surface area contributed by atoms with E-state index in [1.807, 2.05) is 36.4 Å². The van der Waals surface area contributed by atoms with Crippen LogP contribution in [0.2, 0.25) is 0 Å². The van der Waals surface area contributed by atoms with Crippen LogP contribution in [0.3, 0.4) is 0 Å². The average molecular weight is 419 g/mol. The van der Waals surface area contributed by atoms with Crippen molar-refractivity contribution in [2.24, 2.45) is 13.0 Å². The molecule has 1 amide bonds. The van der Waals surface area contributed by atoms with Crippen LogP contribution in [0, 0.1) is 5.92 Å². The van der Waals surface area contributed by atoms with Crippen LogP contribution in [0.5, 0.6) is 0 Å². The zero-order valence-corrected chi connectivity index (χ0v) is 17.5. The Hall–Kier alpha value is -3.19. The summed E-state index contributed by atoms with van der Waals surface area (Å²) >= 11 is 1.71. The lowest BCUT2D eigenvalue weighted by molar-refractivity contribution is -0.120. The molecule has 1 aliphatic heterocycles. The predicted molar refractivity (Wildman–Crippen MR) is 122 cm³/mol. The summed E-state index contributed by atoms with van der Waals surface area (Å²) in [5.41, 5.74) is 2.53. The number of fused-ring (bicyclic) bond motifs is 2. The topological polar surface area (TPSA) is 67.2 Å². The quantitative estimate of drug-likeness (QED) is 0.546. The number of nitrogens with one attached hydrogen (secondary N) is 1. The molecule has 0 saturated carbocycles. The van der Waals surface area contributed by atoms with Crippen molar-refractivity contribution in [2.45, 2.75) is 12.8 Å². The number of hydrogen-bond acceptors (Lipinski definition) is 5. The van der Waals surface area contributed by atoms with E-state index in [0.29, 0.717) is 0 Å². The van der Waals surface area contributed by atoms with Crippen molar-refractivity contribution in [3.8, 4) is 0 Å². The summed E-state index contributed by atoms with van der Waals surface area (Å²) in [7, 11) is 1.74. The normalized spacial score (nSPS) is 15.0. The Labute approximate surface area is 177 Å². The summed E-state index contributed by atoms with van der Waals surface area (Å²) in [6.45, 7) is 1.64. The Bertz CT molecular complexity index is 1270. The molecule has 0 atom stereocenters. The Kier molecular flexibility index (Phi) is 4.75. The molecule has 0 unspecified atom stereocenters. The maximum absolute atomic E-state index is 12.9. The van der Waals surface area contributed by atoms with Gasteiger partial charge in [-0.2, -0.15) is 0 Å². The third-order valence-electron chi connectivity index (χ3n) is 5.84. The number of carbonyl (C=O) groups excluding carboxylic acids is 1. The first-order valence-electron chi connectivity index (χ1n) is 10.1. The number of pyridine rings is 1. The van der Waals surface area contributed by atoms with Gasteiger partial charge in [0.25, 0.3) is 5.56 Å². The lowest BCUT2D eigenvalue weighted by Crippen LogP contribution is -2.38. The highest BCUT2D eigenvalue weighted by Gasteiger charge is 2.27. The van der Waals surface area contributed by atoms with E-state index in [1.54, 1.807) is 29.0 Å². The van der Waals surface area contributed by atoms with Gasteiger partial charge >= 0.3 is 0 Å². The van der Waals surface area contributed by atoms with E-state index in [9.17, 15) is 9.59 Å². The van der Waals surface area contributed by atoms with Crippen molar-refractivity contribution >= 4 is 49.2 Å². The van der Waals surface area contributed by atoms with Gasteiger partial charge in [0.1, 0.15) is 0 Å². The first kappa shape index (κ1) is 18.8. The number of carbonyl (C=O) groups is 1. The summed E-state index contributed by atoms with van der Waals surface area (Å²) in [6.07, 6.45) is 1.59. The number of anilines is 2. The molecule has 2 aromatic carbocycles. The van der Waals surface area contributed by atoms with E-state index in [1.165, 1.54) is 10.8 Å². The van der Waals surface area contributed by atoms with Crippen LogP contribution < -0.4 is 15.8 Å². The smallest absolute Gasteiger partial charge is 0.250 e. The van der Waals surface area contributed by atoms with Crippen molar-refractivity contribution in [3.63, 3.8) is 0 Å². The molecule has 1 N–H and O–H groups in total. The summed E-state index contributed by atoms with van der Waals surface area (Å²) in [6, 6.07) is 17.1. The number of hydrogen-bond donors (Lipinski definition) is 1. The van der Waals surface area contributed by atoms with Crippen LogP contribution in [0.4, 0.5) is 10.8 Å². The van der Waals surface area contributed by atoms with Crippen molar-refractivity contribution < 1.29 is 4.79 Å². The lowest BCUT2D eigenvalue weighted by atomic mass is 9.96. The van der Waals surface area contributed by atoms with Gasteiger partial charge in [0.15, 0.2) is 5.13 Å². The van der Waals surface area contributed by atoms with Crippen molar-refractivity contribution in [2.75, 3.05) is 23.3 Å². The minimum atomic E-state index is -0.0619. The Morgan fingerprint density at radius 2 is 1.87 bits per heavy atom. The van der Waals surface area contributed by atoms with Gasteiger partial charge in [-0.15, -0.1) is 0 Å². The van der Waals surface area contributed by atoms with Crippen LogP contribution in [0.1, 0.15) is 12.8 Å². The first-order chi connectivity index (χ1) is 14.6. The number of amides is 1. The number of aromatic nitrogens is 2. The van der Waals surface area contributed by atoms with E-state index in [2.05, 4.69) is 16.3 Å². The van der Waals surface area contributed by atoms with Gasteiger partial charge in [-0.3, -0.25) is 9.59 Å². The number of para-hydroxylation sites is 1. The molecule has 1 saturated heterocycles. The molecule has 3 heterocycles. The van der Waals surface area contributed by atoms with Crippen molar-refractivity contribution in [1.29, 1.82) is 0 Å². The van der Waals surface area contributed by atoms with Gasteiger partial charge in [0.2, 0.25) is 5.91 Å². The molecule has 0 spiro atoms. The molecule has 0 aliphatic carbocycles. The van der Waals surface area contributed by atoms with Gasteiger partial charge in [-0.05, 0) is 43.2 Å². The molecule has 5 rings (SSSR count). The van der Waals surface area contributed by atoms with Crippen LogP contribution in [-0.4, -0.2) is 28.5 Å². The van der Waals surface area contributed by atoms with Crippen LogP contribution in [-0.2, 0) is 11.8 Å². The molecule has 0 bridgehead atoms. The second-order valence-electron chi connectivity index (χ2n) is 7.68. The monoisotopic (exact) mass is 418 g/mol. The number of aryl methyl sites for hydroxylation is 1. The maximum Gasteiger partial charge on any atom is 0.250 e. The highest BCUT2D eigenvalue weighted by molar-refractivity contribution is 7.22. The fourth-order valence-corrected chi connectivity index (χ4v) is 5.10. The summed E-state index contributed by atoms with van der Waals surface area (Å²) in [4.78, 5) is 31.8. The Morgan fingerprint density at radius 1 is 1.07 bits per heavy atom. The van der Waals surface area contributed by atoms with Crippen LogP contribution >= 0.6 is 11.3 Å². The fourth-order valence-electron chi connectivity index (χ4n) is 4.08. The van der Waals surface area contributed by atoms with Gasteiger partial charge < -0.3 is 14.8 Å². The highest BCUT2D eigenvalue weighted by Crippen LogP contribution is 2.32. The third-order valence-corrected chi connectivity index (χ3v) is 6.94. The highest BCUT2D eigenvalue weighted by atomic mass is 32.1. The van der Waals surface area contributed by atoms with E-state index >= 15 is 0 Å². The zero-order chi connectivity index (χ0) is 20.7. The SMILES string of the molecule is Cn1c(=O)ccc2c(NC(=O)C3CCN(c4nc5ccccc5s4)CC3)cccc21. The van der Waals surface area contributed by atoms with E-state index in [-0.39, 0.29) is 17.4 Å². The van der Waals surface area contributed by atoms with Gasteiger partial charge in [-0.1, -0.05) is 29.5 Å². The van der Waals surface area contributed by atoms with Crippen molar-refractivity contribution in [3.05, 3.63) is 65.0 Å². The number of nitrogens with zero attached hydrogens (tertiary/aromatic N) is 3. The van der Waals surface area contributed by atoms with Crippen LogP contribution in [0.15, 0.2) is 59.4 Å². The molecule has 30 heavy (non-hydrogen) atoms. The van der Waals surface area contributed by atoms with E-state index < -0.39 is 0 Å². The van der Waals surface area contributed by atoms with E-state index in [4.69, 9.17) is 4.98 Å². The molecule has 7 heteroatoms. The minimum absolute atomic E-state index is 0.0292. The van der Waals surface area contributed by atoms with Gasteiger partial charge in [0, 0.05) is 37.5 Å². The molecule has 4 aromatic rings. The number of benzene rings is 2. The third kappa shape index (κ3) is 3.35. The second kappa shape index (κ2) is 7.57. The van der Waals surface area contributed by atoms with Crippen LogP contribution in [0.25, 0.3) is 21.1 Å². The number of rotatable bonds is 3. The number of piperidine rings is 1. The molecule has 0 radical (unpaired) electrons. The summed E-state index contributed by atoms with van der Waals surface area (Å²) < 4.78 is 2.79. The molecule has 1 aliphatic rings. The largest absolute Gasteiger partial charge is 0.348 e. The molecule has 2 aromatic heterocycles. The molecule has 152 valence electrons. The first-order valence-corrected chi connectivity index (χ1v) is 10.9.